The van der Waals surface area contributed by atoms with Gasteiger partial charge in [0.05, 0.1) is 17.3 Å². The van der Waals surface area contributed by atoms with E-state index in [1.807, 2.05) is 0 Å². The minimum absolute atomic E-state index is 0.135. The lowest BCUT2D eigenvalue weighted by atomic mass is 10.2. The van der Waals surface area contributed by atoms with Crippen molar-refractivity contribution in [3.8, 4) is 0 Å². The predicted octanol–water partition coefficient (Wildman–Crippen LogP) is 0.271. The van der Waals surface area contributed by atoms with Crippen LogP contribution in [0.15, 0.2) is 16.9 Å². The summed E-state index contributed by atoms with van der Waals surface area (Å²) in [5, 5.41) is 3.23. The summed E-state index contributed by atoms with van der Waals surface area (Å²) in [6.07, 6.45) is 4.31. The van der Waals surface area contributed by atoms with Crippen LogP contribution >= 0.6 is 15.9 Å². The molecule has 1 aromatic heterocycles. The van der Waals surface area contributed by atoms with Gasteiger partial charge in [-0.15, -0.1) is 0 Å². The molecule has 19 heavy (non-hydrogen) atoms. The van der Waals surface area contributed by atoms with Gasteiger partial charge in [-0.05, 0) is 28.8 Å². The third-order valence-electron chi connectivity index (χ3n) is 2.72. The SMILES string of the molecule is O=C(Cn1cc(Br)cn1)NS(=O)(=O)C1CCCOC1. The predicted molar refractivity (Wildman–Crippen MR) is 70.8 cm³/mol. The summed E-state index contributed by atoms with van der Waals surface area (Å²) in [5.74, 6) is -0.610. The van der Waals surface area contributed by atoms with Gasteiger partial charge in [0, 0.05) is 12.8 Å². The van der Waals surface area contributed by atoms with E-state index >= 15 is 0 Å². The first-order valence-electron chi connectivity index (χ1n) is 5.77. The zero-order valence-corrected chi connectivity index (χ0v) is 12.5. The third kappa shape index (κ3) is 4.02. The number of aromatic nitrogens is 2. The minimum atomic E-state index is -3.67. The topological polar surface area (TPSA) is 90.3 Å². The molecular weight excluding hydrogens is 338 g/mol. The summed E-state index contributed by atoms with van der Waals surface area (Å²) >= 11 is 3.20. The molecule has 0 radical (unpaired) electrons. The van der Waals surface area contributed by atoms with Crippen LogP contribution in [0.4, 0.5) is 0 Å². The average Bonchev–Trinajstić information content (AvgIpc) is 2.75. The van der Waals surface area contributed by atoms with E-state index < -0.39 is 21.2 Å². The summed E-state index contributed by atoms with van der Waals surface area (Å²) in [7, 11) is -3.67. The number of rotatable bonds is 4. The highest BCUT2D eigenvalue weighted by molar-refractivity contribution is 9.10. The number of sulfonamides is 1. The molecule has 1 amide bonds. The van der Waals surface area contributed by atoms with Crippen molar-refractivity contribution in [1.82, 2.24) is 14.5 Å². The lowest BCUT2D eigenvalue weighted by Gasteiger charge is -2.22. The number of ether oxygens (including phenoxy) is 1. The highest BCUT2D eigenvalue weighted by Gasteiger charge is 2.29. The van der Waals surface area contributed by atoms with Crippen LogP contribution in [0.25, 0.3) is 0 Å². The molecule has 1 N–H and O–H groups in total. The quantitative estimate of drug-likeness (QED) is 0.840. The summed E-state index contributed by atoms with van der Waals surface area (Å²) in [5.41, 5.74) is 0. The van der Waals surface area contributed by atoms with Gasteiger partial charge in [-0.2, -0.15) is 5.10 Å². The smallest absolute Gasteiger partial charge is 0.255 e. The maximum absolute atomic E-state index is 11.9. The number of hydrogen-bond acceptors (Lipinski definition) is 5. The fourth-order valence-electron chi connectivity index (χ4n) is 1.80. The Morgan fingerprint density at radius 3 is 3.00 bits per heavy atom. The standard InChI is InChI=1S/C10H14BrN3O4S/c11-8-4-12-14(5-8)6-10(15)13-19(16,17)9-2-1-3-18-7-9/h4-5,9H,1-3,6-7H2,(H,13,15). The number of hydrogen-bond donors (Lipinski definition) is 1. The molecule has 106 valence electrons. The summed E-state index contributed by atoms with van der Waals surface area (Å²) in [6.45, 7) is 0.565. The molecule has 1 aliphatic heterocycles. The van der Waals surface area contributed by atoms with E-state index in [0.717, 1.165) is 4.47 Å². The number of amides is 1. The Morgan fingerprint density at radius 1 is 1.63 bits per heavy atom. The van der Waals surface area contributed by atoms with Crippen molar-refractivity contribution < 1.29 is 17.9 Å². The molecule has 1 saturated heterocycles. The molecule has 1 aromatic rings. The van der Waals surface area contributed by atoms with E-state index in [0.29, 0.717) is 19.4 Å². The zero-order valence-electron chi connectivity index (χ0n) is 10.1. The molecular formula is C10H14BrN3O4S. The van der Waals surface area contributed by atoms with E-state index in [1.165, 1.54) is 10.9 Å². The number of nitrogens with one attached hydrogen (secondary N) is 1. The first kappa shape index (κ1) is 14.5. The van der Waals surface area contributed by atoms with Crippen molar-refractivity contribution in [2.45, 2.75) is 24.6 Å². The Morgan fingerprint density at radius 2 is 2.42 bits per heavy atom. The van der Waals surface area contributed by atoms with E-state index in [1.54, 1.807) is 6.20 Å². The highest BCUT2D eigenvalue weighted by Crippen LogP contribution is 2.13. The largest absolute Gasteiger partial charge is 0.380 e. The second-order valence-corrected chi connectivity index (χ2v) is 7.14. The van der Waals surface area contributed by atoms with Gasteiger partial charge in [0.15, 0.2) is 0 Å². The first-order valence-corrected chi connectivity index (χ1v) is 8.11. The Balaban J connectivity index is 1.93. The normalized spacial score (nSPS) is 20.2. The second-order valence-electron chi connectivity index (χ2n) is 4.27. The Kier molecular flexibility index (Phi) is 4.58. The van der Waals surface area contributed by atoms with Crippen molar-refractivity contribution >= 4 is 31.9 Å². The average molecular weight is 352 g/mol. The van der Waals surface area contributed by atoms with Gasteiger partial charge in [0.1, 0.15) is 11.8 Å². The van der Waals surface area contributed by atoms with E-state index in [2.05, 4.69) is 25.8 Å². The maximum Gasteiger partial charge on any atom is 0.255 e. The summed E-state index contributed by atoms with van der Waals surface area (Å²) in [6, 6.07) is 0. The Hall–Kier alpha value is -0.930. The molecule has 0 aliphatic carbocycles. The van der Waals surface area contributed by atoms with Crippen LogP contribution in [0.5, 0.6) is 0 Å². The number of nitrogens with zero attached hydrogens (tertiary/aromatic N) is 2. The van der Waals surface area contributed by atoms with Crippen molar-refractivity contribution in [2.75, 3.05) is 13.2 Å². The van der Waals surface area contributed by atoms with Crippen LogP contribution in [-0.4, -0.2) is 42.6 Å². The number of carbonyl (C=O) groups is 1. The lowest BCUT2D eigenvalue weighted by Crippen LogP contribution is -2.43. The monoisotopic (exact) mass is 351 g/mol. The van der Waals surface area contributed by atoms with Crippen molar-refractivity contribution in [3.63, 3.8) is 0 Å². The summed E-state index contributed by atoms with van der Waals surface area (Å²) in [4.78, 5) is 11.7. The van der Waals surface area contributed by atoms with E-state index in [4.69, 9.17) is 4.74 Å². The molecule has 1 aliphatic rings. The highest BCUT2D eigenvalue weighted by atomic mass is 79.9. The molecule has 2 heterocycles. The second kappa shape index (κ2) is 6.02. The Labute approximate surface area is 119 Å². The fraction of sp³-hybridized carbons (Fsp3) is 0.600. The van der Waals surface area contributed by atoms with E-state index in [-0.39, 0.29) is 13.2 Å². The Bertz CT molecular complexity index is 551. The zero-order chi connectivity index (χ0) is 13.9. The van der Waals surface area contributed by atoms with Crippen LogP contribution in [-0.2, 0) is 26.1 Å². The van der Waals surface area contributed by atoms with Gasteiger partial charge in [-0.25, -0.2) is 8.42 Å². The molecule has 2 rings (SSSR count). The van der Waals surface area contributed by atoms with Gasteiger partial charge in [-0.3, -0.25) is 14.2 Å². The molecule has 0 spiro atoms. The van der Waals surface area contributed by atoms with Gasteiger partial charge in [-0.1, -0.05) is 0 Å². The first-order chi connectivity index (χ1) is 8.97. The molecule has 7 nitrogen and oxygen atoms in total. The maximum atomic E-state index is 11.9. The van der Waals surface area contributed by atoms with Crippen molar-refractivity contribution in [1.29, 1.82) is 0 Å². The molecule has 0 aromatic carbocycles. The van der Waals surface area contributed by atoms with Gasteiger partial charge in [0.2, 0.25) is 10.0 Å². The van der Waals surface area contributed by atoms with Crippen LogP contribution < -0.4 is 4.72 Å². The number of halogens is 1. The summed E-state index contributed by atoms with van der Waals surface area (Å²) < 4.78 is 33.1. The van der Waals surface area contributed by atoms with Crippen LogP contribution in [0.1, 0.15) is 12.8 Å². The molecule has 1 atom stereocenters. The van der Waals surface area contributed by atoms with Gasteiger partial charge < -0.3 is 4.74 Å². The lowest BCUT2D eigenvalue weighted by molar-refractivity contribution is -0.120. The van der Waals surface area contributed by atoms with Crippen LogP contribution in [0, 0.1) is 0 Å². The van der Waals surface area contributed by atoms with Crippen molar-refractivity contribution in [3.05, 3.63) is 16.9 Å². The van der Waals surface area contributed by atoms with Gasteiger partial charge >= 0.3 is 0 Å². The van der Waals surface area contributed by atoms with Gasteiger partial charge in [0.25, 0.3) is 5.91 Å². The minimum Gasteiger partial charge on any atom is -0.380 e. The fourth-order valence-corrected chi connectivity index (χ4v) is 3.43. The molecule has 0 bridgehead atoms. The van der Waals surface area contributed by atoms with Crippen molar-refractivity contribution in [2.24, 2.45) is 0 Å². The molecule has 1 unspecified atom stereocenters. The van der Waals surface area contributed by atoms with E-state index in [9.17, 15) is 13.2 Å². The van der Waals surface area contributed by atoms with Crippen LogP contribution in [0.3, 0.4) is 0 Å². The van der Waals surface area contributed by atoms with Crippen LogP contribution in [0.2, 0.25) is 0 Å². The molecule has 9 heteroatoms. The molecule has 0 saturated carbocycles. The molecule has 1 fully saturated rings. The number of carbonyl (C=O) groups excluding carboxylic acids is 1. The third-order valence-corrected chi connectivity index (χ3v) is 4.89.